The average Bonchev–Trinajstić information content (AvgIpc) is 3.12. The molecule has 0 heterocycles. The minimum Gasteiger partial charge on any atom is -0.462 e. The van der Waals surface area contributed by atoms with Gasteiger partial charge in [0.05, 0.1) is 24.9 Å². The lowest BCUT2D eigenvalue weighted by atomic mass is 10.0. The van der Waals surface area contributed by atoms with Gasteiger partial charge >= 0.3 is 11.9 Å². The van der Waals surface area contributed by atoms with Gasteiger partial charge in [-0.3, -0.25) is 9.59 Å². The van der Waals surface area contributed by atoms with E-state index in [4.69, 9.17) is 9.47 Å². The number of aliphatic hydroxyl groups excluding tert-OH is 4. The van der Waals surface area contributed by atoms with Gasteiger partial charge in [-0.15, -0.1) is 0 Å². The number of unbranched alkanes of at least 4 members (excludes halogenated alkanes) is 16. The predicted molar refractivity (Wildman–Crippen MR) is 209 cm³/mol. The molecule has 0 aromatic heterocycles. The molecule has 0 amide bonds. The molecule has 8 nitrogen and oxygen atoms in total. The minimum atomic E-state index is -1.08. The highest BCUT2D eigenvalue weighted by Gasteiger charge is 2.17. The molecule has 0 bridgehead atoms. The molecule has 0 aliphatic carbocycles. The van der Waals surface area contributed by atoms with Crippen molar-refractivity contribution in [3.05, 3.63) is 60.8 Å². The molecule has 0 aromatic rings. The van der Waals surface area contributed by atoms with Crippen molar-refractivity contribution in [2.75, 3.05) is 13.2 Å². The van der Waals surface area contributed by atoms with Gasteiger partial charge in [-0.05, 0) is 32.1 Å². The van der Waals surface area contributed by atoms with Crippen molar-refractivity contribution in [2.45, 2.75) is 186 Å². The van der Waals surface area contributed by atoms with Crippen molar-refractivity contribution in [1.29, 1.82) is 0 Å². The quantitative estimate of drug-likeness (QED) is 0.0221. The summed E-state index contributed by atoms with van der Waals surface area (Å²) in [6, 6.07) is 0. The van der Waals surface area contributed by atoms with Crippen molar-refractivity contribution in [3.63, 3.8) is 0 Å². The Balaban J connectivity index is 3.88. The number of esters is 2. The van der Waals surface area contributed by atoms with E-state index in [9.17, 15) is 30.0 Å². The van der Waals surface area contributed by atoms with Crippen LogP contribution in [0.4, 0.5) is 0 Å². The van der Waals surface area contributed by atoms with Gasteiger partial charge in [0.15, 0.2) is 6.10 Å². The van der Waals surface area contributed by atoms with Crippen molar-refractivity contribution in [2.24, 2.45) is 0 Å². The van der Waals surface area contributed by atoms with Gasteiger partial charge in [-0.25, -0.2) is 0 Å². The number of rotatable bonds is 35. The Hall–Kier alpha value is -2.52. The van der Waals surface area contributed by atoms with Gasteiger partial charge in [0.2, 0.25) is 0 Å². The van der Waals surface area contributed by atoms with E-state index >= 15 is 0 Å². The number of aliphatic hydroxyl groups is 4. The van der Waals surface area contributed by atoms with Crippen molar-refractivity contribution in [1.82, 2.24) is 0 Å². The molecular weight excluding hydrogens is 644 g/mol. The average molecular weight is 719 g/mol. The summed E-state index contributed by atoms with van der Waals surface area (Å²) in [5.41, 5.74) is 0. The van der Waals surface area contributed by atoms with Gasteiger partial charge in [-0.1, -0.05) is 177 Å². The van der Waals surface area contributed by atoms with Crippen LogP contribution in [0.3, 0.4) is 0 Å². The fourth-order valence-electron chi connectivity index (χ4n) is 5.48. The Morgan fingerprint density at radius 3 is 1.61 bits per heavy atom. The van der Waals surface area contributed by atoms with Gasteiger partial charge in [0.25, 0.3) is 0 Å². The standard InChI is InChI=1S/C43H74O8/c1-3-5-7-8-9-10-11-12-13-14-15-16-17-18-19-24-28-34-43(49)51-39(36-44)37-50-42(48)35-29-33-41(47)40(46)32-27-23-21-20-22-26-31-38(45)30-25-6-4-2/h6,20-23,25-27,31-32,38-41,44-47H,3-5,7-19,24,28-30,33-37H2,1-2H3/b22-20+,23-21-,25-6-,31-26+,32-27-/t38-,39+,40+,41+/m1/s1. The van der Waals surface area contributed by atoms with Crippen LogP contribution in [-0.4, -0.2) is 70.0 Å². The molecule has 0 fully saturated rings. The Labute approximate surface area is 310 Å². The second-order valence-electron chi connectivity index (χ2n) is 13.6. The molecule has 0 rings (SSSR count). The summed E-state index contributed by atoms with van der Waals surface area (Å²) in [6.45, 7) is 3.65. The largest absolute Gasteiger partial charge is 0.462 e. The first-order chi connectivity index (χ1) is 24.8. The topological polar surface area (TPSA) is 134 Å². The molecule has 294 valence electrons. The number of carbonyl (C=O) groups is 2. The normalized spacial score (nSPS) is 14.7. The Morgan fingerprint density at radius 2 is 1.08 bits per heavy atom. The second kappa shape index (κ2) is 37.2. The molecule has 51 heavy (non-hydrogen) atoms. The molecule has 4 atom stereocenters. The number of hydrogen-bond acceptors (Lipinski definition) is 8. The van der Waals surface area contributed by atoms with Crippen LogP contribution in [0.2, 0.25) is 0 Å². The maximum absolute atomic E-state index is 12.2. The summed E-state index contributed by atoms with van der Waals surface area (Å²) in [5, 5.41) is 39.7. The molecule has 0 radical (unpaired) electrons. The first-order valence-electron chi connectivity index (χ1n) is 20.2. The molecule has 0 aliphatic rings. The van der Waals surface area contributed by atoms with Gasteiger partial charge in [0.1, 0.15) is 6.61 Å². The Bertz CT molecular complexity index is 954. The third kappa shape index (κ3) is 34.3. The third-order valence-electron chi connectivity index (χ3n) is 8.67. The second-order valence-corrected chi connectivity index (χ2v) is 13.6. The number of hydrogen-bond donors (Lipinski definition) is 4. The molecular formula is C43H74O8. The fourth-order valence-corrected chi connectivity index (χ4v) is 5.48. The lowest BCUT2D eigenvalue weighted by molar-refractivity contribution is -0.161. The van der Waals surface area contributed by atoms with Crippen LogP contribution >= 0.6 is 0 Å². The van der Waals surface area contributed by atoms with Gasteiger partial charge in [0, 0.05) is 12.8 Å². The maximum Gasteiger partial charge on any atom is 0.306 e. The smallest absolute Gasteiger partial charge is 0.306 e. The SMILES string of the molecule is CC/C=C\C[C@@H](O)/C=C/C=C/C=C\C=C/[C@H](O)[C@@H](O)CCCC(=O)OC[C@H](CO)OC(=O)CCCCCCCCCCCCCCCCCCC. The highest BCUT2D eigenvalue weighted by atomic mass is 16.6. The molecule has 0 saturated carbocycles. The van der Waals surface area contributed by atoms with E-state index in [1.807, 2.05) is 19.1 Å². The minimum absolute atomic E-state index is 0.0284. The van der Waals surface area contributed by atoms with Crippen LogP contribution in [0.1, 0.15) is 162 Å². The zero-order valence-corrected chi connectivity index (χ0v) is 32.2. The van der Waals surface area contributed by atoms with Gasteiger partial charge in [-0.2, -0.15) is 0 Å². The van der Waals surface area contributed by atoms with E-state index in [1.54, 1.807) is 42.5 Å². The van der Waals surface area contributed by atoms with Crippen LogP contribution in [0.25, 0.3) is 0 Å². The summed E-state index contributed by atoms with van der Waals surface area (Å²) in [4.78, 5) is 24.3. The fraction of sp³-hybridized carbons (Fsp3) is 0.721. The summed E-state index contributed by atoms with van der Waals surface area (Å²) in [7, 11) is 0. The van der Waals surface area contributed by atoms with Gasteiger partial charge < -0.3 is 29.9 Å². The molecule has 0 spiro atoms. The highest BCUT2D eigenvalue weighted by molar-refractivity contribution is 5.70. The molecule has 0 saturated heterocycles. The van der Waals surface area contributed by atoms with Crippen molar-refractivity contribution >= 4 is 11.9 Å². The maximum atomic E-state index is 12.2. The van der Waals surface area contributed by atoms with E-state index in [0.717, 1.165) is 25.7 Å². The van der Waals surface area contributed by atoms with Crippen molar-refractivity contribution in [3.8, 4) is 0 Å². The predicted octanol–water partition coefficient (Wildman–Crippen LogP) is 9.31. The van der Waals surface area contributed by atoms with Crippen LogP contribution in [-0.2, 0) is 19.1 Å². The number of ether oxygens (including phenoxy) is 2. The van der Waals surface area contributed by atoms with E-state index in [2.05, 4.69) is 6.92 Å². The monoisotopic (exact) mass is 719 g/mol. The zero-order chi connectivity index (χ0) is 37.6. The lowest BCUT2D eigenvalue weighted by Crippen LogP contribution is -2.28. The number of allylic oxidation sites excluding steroid dienone is 7. The molecule has 0 unspecified atom stereocenters. The summed E-state index contributed by atoms with van der Waals surface area (Å²) < 4.78 is 10.4. The van der Waals surface area contributed by atoms with Crippen LogP contribution in [0.15, 0.2) is 60.8 Å². The van der Waals surface area contributed by atoms with Crippen molar-refractivity contribution < 1.29 is 39.5 Å². The van der Waals surface area contributed by atoms with E-state index < -0.39 is 43.0 Å². The molecule has 0 aliphatic heterocycles. The van der Waals surface area contributed by atoms with E-state index in [-0.39, 0.29) is 25.9 Å². The molecule has 0 aromatic carbocycles. The lowest BCUT2D eigenvalue weighted by Gasteiger charge is -2.16. The van der Waals surface area contributed by atoms with Crippen LogP contribution < -0.4 is 0 Å². The number of carbonyl (C=O) groups excluding carboxylic acids is 2. The Kier molecular flexibility index (Phi) is 35.4. The first-order valence-corrected chi connectivity index (χ1v) is 20.2. The molecule has 4 N–H and O–H groups in total. The Morgan fingerprint density at radius 1 is 0.588 bits per heavy atom. The zero-order valence-electron chi connectivity index (χ0n) is 32.2. The summed E-state index contributed by atoms with van der Waals surface area (Å²) in [6.07, 6.45) is 38.0. The van der Waals surface area contributed by atoms with Crippen LogP contribution in [0.5, 0.6) is 0 Å². The van der Waals surface area contributed by atoms with E-state index in [1.165, 1.54) is 96.0 Å². The first kappa shape index (κ1) is 48.5. The molecule has 8 heteroatoms. The van der Waals surface area contributed by atoms with E-state index in [0.29, 0.717) is 12.8 Å². The summed E-state index contributed by atoms with van der Waals surface area (Å²) >= 11 is 0. The highest BCUT2D eigenvalue weighted by Crippen LogP contribution is 2.15. The third-order valence-corrected chi connectivity index (χ3v) is 8.67. The summed E-state index contributed by atoms with van der Waals surface area (Å²) in [5.74, 6) is -0.923. The van der Waals surface area contributed by atoms with Crippen LogP contribution in [0, 0.1) is 0 Å².